The number of hydrogen-bond acceptors (Lipinski definition) is 3. The molecule has 0 aromatic heterocycles. The molecule has 0 atom stereocenters. The van der Waals surface area contributed by atoms with Gasteiger partial charge in [0.1, 0.15) is 5.82 Å². The molecule has 3 rings (SSSR count). The first-order chi connectivity index (χ1) is 14.8. The van der Waals surface area contributed by atoms with Crippen LogP contribution in [0.15, 0.2) is 42.5 Å². The Morgan fingerprint density at radius 1 is 0.968 bits per heavy atom. The van der Waals surface area contributed by atoms with Gasteiger partial charge < -0.3 is 15.1 Å². The van der Waals surface area contributed by atoms with E-state index in [1.165, 1.54) is 24.3 Å². The zero-order valence-corrected chi connectivity index (χ0v) is 18.0. The van der Waals surface area contributed by atoms with Gasteiger partial charge in [0.25, 0.3) is 5.91 Å². The van der Waals surface area contributed by atoms with Crippen molar-refractivity contribution in [1.82, 2.24) is 4.90 Å². The third-order valence-electron chi connectivity index (χ3n) is 5.76. The highest BCUT2D eigenvalue weighted by molar-refractivity contribution is 5.98. The quantitative estimate of drug-likeness (QED) is 0.663. The molecule has 2 aromatic carbocycles. The molecule has 7 heteroatoms. The van der Waals surface area contributed by atoms with Crippen molar-refractivity contribution in [2.24, 2.45) is 0 Å². The monoisotopic (exact) mass is 426 g/mol. The molecule has 2 aromatic rings. The third kappa shape index (κ3) is 6.46. The van der Waals surface area contributed by atoms with Crippen LogP contribution in [-0.2, 0) is 9.59 Å². The summed E-state index contributed by atoms with van der Waals surface area (Å²) in [5.74, 6) is -0.523. The number of benzene rings is 2. The number of nitrogens with one attached hydrogen (secondary N) is 2. The summed E-state index contributed by atoms with van der Waals surface area (Å²) in [4.78, 5) is 40.0. The van der Waals surface area contributed by atoms with Gasteiger partial charge in [-0.2, -0.15) is 0 Å². The maximum atomic E-state index is 12.9. The molecule has 0 bridgehead atoms. The van der Waals surface area contributed by atoms with Gasteiger partial charge >= 0.3 is 0 Å². The van der Waals surface area contributed by atoms with Crippen LogP contribution in [0.25, 0.3) is 0 Å². The van der Waals surface area contributed by atoms with Crippen LogP contribution in [0.1, 0.15) is 34.3 Å². The number of ketones is 1. The summed E-state index contributed by atoms with van der Waals surface area (Å²) < 4.78 is 12.9. The standard InChI is InChI=1S/C24H28FN3O3/c1-17-3-4-19(15-18(17)2)22(29)9-10-24(31)28-13-11-27(12-14-28)16-23(30)26-21-7-5-20(25)6-8-21/h3-8,15H,9-14,16H2,1-2H3,(H,26,30)/p+1. The molecule has 1 aliphatic heterocycles. The smallest absolute Gasteiger partial charge is 0.279 e. The van der Waals surface area contributed by atoms with Gasteiger partial charge in [-0.25, -0.2) is 4.39 Å². The molecule has 164 valence electrons. The zero-order valence-electron chi connectivity index (χ0n) is 18.0. The Labute approximate surface area is 182 Å². The summed E-state index contributed by atoms with van der Waals surface area (Å²) in [5.41, 5.74) is 3.42. The topological polar surface area (TPSA) is 70.9 Å². The fourth-order valence-electron chi connectivity index (χ4n) is 3.65. The second-order valence-electron chi connectivity index (χ2n) is 8.08. The summed E-state index contributed by atoms with van der Waals surface area (Å²) in [7, 11) is 0. The van der Waals surface area contributed by atoms with E-state index >= 15 is 0 Å². The first-order valence-electron chi connectivity index (χ1n) is 10.6. The Bertz CT molecular complexity index is 951. The molecule has 31 heavy (non-hydrogen) atoms. The minimum atomic E-state index is -0.347. The van der Waals surface area contributed by atoms with E-state index in [1.807, 2.05) is 32.0 Å². The molecule has 1 heterocycles. The SMILES string of the molecule is Cc1ccc(C(=O)CCC(=O)N2CC[NH+](CC(=O)Nc3ccc(F)cc3)CC2)cc1C. The summed E-state index contributed by atoms with van der Waals surface area (Å²) in [6.07, 6.45) is 0.403. The maximum absolute atomic E-state index is 12.9. The van der Waals surface area contributed by atoms with E-state index in [4.69, 9.17) is 0 Å². The number of anilines is 1. The Morgan fingerprint density at radius 3 is 2.29 bits per heavy atom. The number of piperazine rings is 1. The summed E-state index contributed by atoms with van der Waals surface area (Å²) in [6, 6.07) is 11.3. The highest BCUT2D eigenvalue weighted by atomic mass is 19.1. The highest BCUT2D eigenvalue weighted by Crippen LogP contribution is 2.13. The maximum Gasteiger partial charge on any atom is 0.279 e. The molecule has 0 saturated carbocycles. The molecule has 0 radical (unpaired) electrons. The fourth-order valence-corrected chi connectivity index (χ4v) is 3.65. The van der Waals surface area contributed by atoms with E-state index < -0.39 is 0 Å². The third-order valence-corrected chi connectivity index (χ3v) is 5.76. The molecule has 1 aliphatic rings. The van der Waals surface area contributed by atoms with Crippen molar-refractivity contribution in [1.29, 1.82) is 0 Å². The minimum absolute atomic E-state index is 0.0156. The highest BCUT2D eigenvalue weighted by Gasteiger charge is 2.25. The number of Topliss-reactive ketones (excluding diaryl/α,β-unsaturated/α-hetero) is 1. The van der Waals surface area contributed by atoms with Crippen LogP contribution in [0.4, 0.5) is 10.1 Å². The van der Waals surface area contributed by atoms with Crippen molar-refractivity contribution >= 4 is 23.3 Å². The second kappa shape index (κ2) is 10.3. The molecule has 1 fully saturated rings. The number of aryl methyl sites for hydroxylation is 2. The molecule has 0 spiro atoms. The molecule has 2 N–H and O–H groups in total. The first-order valence-corrected chi connectivity index (χ1v) is 10.6. The lowest BCUT2D eigenvalue weighted by atomic mass is 10.0. The van der Waals surface area contributed by atoms with Crippen LogP contribution in [0.2, 0.25) is 0 Å². The van der Waals surface area contributed by atoms with Gasteiger partial charge in [-0.15, -0.1) is 0 Å². The average molecular weight is 427 g/mol. The number of amides is 2. The molecular weight excluding hydrogens is 397 g/mol. The molecule has 6 nitrogen and oxygen atoms in total. The predicted octanol–water partition coefficient (Wildman–Crippen LogP) is 1.77. The Morgan fingerprint density at radius 2 is 1.65 bits per heavy atom. The Kier molecular flexibility index (Phi) is 7.52. The number of carbonyl (C=O) groups excluding carboxylic acids is 3. The van der Waals surface area contributed by atoms with E-state index in [9.17, 15) is 18.8 Å². The summed E-state index contributed by atoms with van der Waals surface area (Å²) in [6.45, 7) is 6.75. The molecule has 0 aliphatic carbocycles. The van der Waals surface area contributed by atoms with Crippen molar-refractivity contribution in [3.05, 3.63) is 65.0 Å². The average Bonchev–Trinajstić information content (AvgIpc) is 2.76. The van der Waals surface area contributed by atoms with E-state index in [1.54, 1.807) is 4.90 Å². The number of rotatable bonds is 7. The van der Waals surface area contributed by atoms with E-state index in [-0.39, 0.29) is 36.3 Å². The molecule has 2 amide bonds. The van der Waals surface area contributed by atoms with Gasteiger partial charge in [-0.05, 0) is 55.3 Å². The number of nitrogens with zero attached hydrogens (tertiary/aromatic N) is 1. The van der Waals surface area contributed by atoms with Crippen LogP contribution in [0.3, 0.4) is 0 Å². The second-order valence-corrected chi connectivity index (χ2v) is 8.08. The summed E-state index contributed by atoms with van der Waals surface area (Å²) >= 11 is 0. The minimum Gasteiger partial charge on any atom is -0.331 e. The predicted molar refractivity (Wildman–Crippen MR) is 117 cm³/mol. The number of quaternary nitrogens is 1. The number of halogens is 1. The van der Waals surface area contributed by atoms with Gasteiger partial charge in [0.05, 0.1) is 26.2 Å². The van der Waals surface area contributed by atoms with E-state index in [0.29, 0.717) is 44.0 Å². The van der Waals surface area contributed by atoms with E-state index in [0.717, 1.165) is 16.0 Å². The van der Waals surface area contributed by atoms with Crippen molar-refractivity contribution in [2.45, 2.75) is 26.7 Å². The van der Waals surface area contributed by atoms with Gasteiger partial charge in [-0.1, -0.05) is 12.1 Å². The lowest BCUT2D eigenvalue weighted by Gasteiger charge is -2.32. The van der Waals surface area contributed by atoms with Crippen LogP contribution in [0, 0.1) is 19.7 Å². The normalized spacial score (nSPS) is 14.4. The van der Waals surface area contributed by atoms with Gasteiger partial charge in [0, 0.05) is 24.1 Å². The summed E-state index contributed by atoms with van der Waals surface area (Å²) in [5, 5.41) is 2.76. The zero-order chi connectivity index (χ0) is 22.4. The lowest BCUT2D eigenvalue weighted by Crippen LogP contribution is -3.15. The molecule has 0 unspecified atom stereocenters. The van der Waals surface area contributed by atoms with Gasteiger partial charge in [0.15, 0.2) is 12.3 Å². The van der Waals surface area contributed by atoms with Crippen LogP contribution < -0.4 is 10.2 Å². The number of hydrogen-bond donors (Lipinski definition) is 2. The molecular formula is C24H29FN3O3+. The van der Waals surface area contributed by atoms with Gasteiger partial charge in [0.2, 0.25) is 5.91 Å². The Hall–Kier alpha value is -3.06. The largest absolute Gasteiger partial charge is 0.331 e. The van der Waals surface area contributed by atoms with Crippen LogP contribution in [0.5, 0.6) is 0 Å². The first kappa shape index (κ1) is 22.6. The Balaban J connectivity index is 1.40. The van der Waals surface area contributed by atoms with E-state index in [2.05, 4.69) is 5.32 Å². The van der Waals surface area contributed by atoms with Crippen molar-refractivity contribution < 1.29 is 23.7 Å². The van der Waals surface area contributed by atoms with Crippen molar-refractivity contribution in [3.8, 4) is 0 Å². The lowest BCUT2D eigenvalue weighted by molar-refractivity contribution is -0.895. The fraction of sp³-hybridized carbons (Fsp3) is 0.375. The van der Waals surface area contributed by atoms with Crippen molar-refractivity contribution in [3.63, 3.8) is 0 Å². The van der Waals surface area contributed by atoms with Crippen LogP contribution in [-0.4, -0.2) is 55.2 Å². The van der Waals surface area contributed by atoms with Gasteiger partial charge in [-0.3, -0.25) is 14.4 Å². The van der Waals surface area contributed by atoms with Crippen molar-refractivity contribution in [2.75, 3.05) is 38.0 Å². The number of carbonyl (C=O) groups is 3. The van der Waals surface area contributed by atoms with Crippen LogP contribution >= 0.6 is 0 Å². The molecule has 1 saturated heterocycles.